The Hall–Kier alpha value is -1.70. The normalized spacial score (nSPS) is 15.5. The van der Waals surface area contributed by atoms with Crippen molar-refractivity contribution in [2.75, 3.05) is 33.0 Å². The van der Waals surface area contributed by atoms with E-state index in [-0.39, 0.29) is 12.0 Å². The van der Waals surface area contributed by atoms with Gasteiger partial charge in [0.1, 0.15) is 6.10 Å². The fourth-order valence-corrected chi connectivity index (χ4v) is 2.36. The van der Waals surface area contributed by atoms with Gasteiger partial charge in [-0.3, -0.25) is 4.79 Å². The van der Waals surface area contributed by atoms with Crippen molar-refractivity contribution >= 4 is 5.91 Å². The van der Waals surface area contributed by atoms with E-state index in [0.29, 0.717) is 44.4 Å². The molecule has 1 aliphatic rings. The molecular formula is C17H26N2O5. The van der Waals surface area contributed by atoms with Crippen molar-refractivity contribution in [1.29, 1.82) is 0 Å². The molecule has 0 spiro atoms. The van der Waals surface area contributed by atoms with Crippen LogP contribution in [0.3, 0.4) is 0 Å². The summed E-state index contributed by atoms with van der Waals surface area (Å²) in [5.74, 6) is 0.310. The molecule has 7 nitrogen and oxygen atoms in total. The van der Waals surface area contributed by atoms with Crippen LogP contribution in [0.5, 0.6) is 5.88 Å². The molecule has 0 saturated carbocycles. The lowest BCUT2D eigenvalue weighted by atomic mass is 10.1. The number of ether oxygens (including phenoxy) is 4. The molecule has 1 fully saturated rings. The zero-order valence-corrected chi connectivity index (χ0v) is 14.3. The van der Waals surface area contributed by atoms with Gasteiger partial charge in [0.05, 0.1) is 25.3 Å². The third-order valence-electron chi connectivity index (χ3n) is 3.59. The average Bonchev–Trinajstić information content (AvgIpc) is 2.61. The molecule has 0 aliphatic carbocycles. The van der Waals surface area contributed by atoms with Crippen molar-refractivity contribution in [1.82, 2.24) is 10.3 Å². The van der Waals surface area contributed by atoms with Crippen LogP contribution >= 0.6 is 0 Å². The van der Waals surface area contributed by atoms with Gasteiger partial charge in [0.25, 0.3) is 5.91 Å². The smallest absolute Gasteiger partial charge is 0.253 e. The van der Waals surface area contributed by atoms with Crippen molar-refractivity contribution in [2.24, 2.45) is 0 Å². The Bertz CT molecular complexity index is 482. The second-order valence-electron chi connectivity index (χ2n) is 5.36. The van der Waals surface area contributed by atoms with Gasteiger partial charge in [-0.2, -0.15) is 0 Å². The van der Waals surface area contributed by atoms with Gasteiger partial charge in [0.15, 0.2) is 6.29 Å². The SMILES string of the molecule is CCOC(CNC(=O)c1ccc(OC2CCOCC2)nc1)OCC. The molecule has 1 N–H and O–H groups in total. The molecule has 0 radical (unpaired) electrons. The van der Waals surface area contributed by atoms with Crippen molar-refractivity contribution in [2.45, 2.75) is 39.1 Å². The molecule has 24 heavy (non-hydrogen) atoms. The summed E-state index contributed by atoms with van der Waals surface area (Å²) in [5, 5.41) is 2.78. The molecule has 2 heterocycles. The summed E-state index contributed by atoms with van der Waals surface area (Å²) in [6.07, 6.45) is 2.93. The van der Waals surface area contributed by atoms with Gasteiger partial charge in [0.2, 0.25) is 5.88 Å². The number of hydrogen-bond acceptors (Lipinski definition) is 6. The molecule has 0 atom stereocenters. The molecule has 1 aliphatic heterocycles. The Balaban J connectivity index is 1.81. The predicted molar refractivity (Wildman–Crippen MR) is 88.1 cm³/mol. The Morgan fingerprint density at radius 1 is 1.29 bits per heavy atom. The van der Waals surface area contributed by atoms with E-state index < -0.39 is 6.29 Å². The van der Waals surface area contributed by atoms with E-state index in [9.17, 15) is 4.79 Å². The van der Waals surface area contributed by atoms with Crippen LogP contribution in [0.15, 0.2) is 18.3 Å². The van der Waals surface area contributed by atoms with Crippen molar-refractivity contribution < 1.29 is 23.7 Å². The van der Waals surface area contributed by atoms with E-state index in [1.807, 2.05) is 13.8 Å². The van der Waals surface area contributed by atoms with Crippen LogP contribution in [-0.4, -0.2) is 56.3 Å². The molecule has 2 rings (SSSR count). The minimum absolute atomic E-state index is 0.129. The summed E-state index contributed by atoms with van der Waals surface area (Å²) < 4.78 is 21.9. The fraction of sp³-hybridized carbons (Fsp3) is 0.647. The number of nitrogens with zero attached hydrogens (tertiary/aromatic N) is 1. The Labute approximate surface area is 142 Å². The van der Waals surface area contributed by atoms with Crippen LogP contribution in [0.1, 0.15) is 37.0 Å². The van der Waals surface area contributed by atoms with Crippen LogP contribution in [0.25, 0.3) is 0 Å². The first-order chi connectivity index (χ1) is 11.7. The van der Waals surface area contributed by atoms with Crippen molar-refractivity contribution in [3.8, 4) is 5.88 Å². The van der Waals surface area contributed by atoms with Crippen molar-refractivity contribution in [3.63, 3.8) is 0 Å². The Kier molecular flexibility index (Phi) is 7.94. The van der Waals surface area contributed by atoms with E-state index in [1.54, 1.807) is 12.1 Å². The molecule has 1 amide bonds. The first kappa shape index (κ1) is 18.6. The molecule has 134 valence electrons. The van der Waals surface area contributed by atoms with Crippen LogP contribution in [-0.2, 0) is 14.2 Å². The summed E-state index contributed by atoms with van der Waals surface area (Å²) >= 11 is 0. The van der Waals surface area contributed by atoms with Gasteiger partial charge in [-0.15, -0.1) is 0 Å². The van der Waals surface area contributed by atoms with Gasteiger partial charge in [-0.05, 0) is 19.9 Å². The highest BCUT2D eigenvalue weighted by Crippen LogP contribution is 2.16. The van der Waals surface area contributed by atoms with E-state index in [1.165, 1.54) is 6.20 Å². The van der Waals surface area contributed by atoms with E-state index in [2.05, 4.69) is 10.3 Å². The third-order valence-corrected chi connectivity index (χ3v) is 3.59. The van der Waals surface area contributed by atoms with Crippen LogP contribution in [0.4, 0.5) is 0 Å². The third kappa shape index (κ3) is 6.07. The first-order valence-corrected chi connectivity index (χ1v) is 8.44. The average molecular weight is 338 g/mol. The zero-order valence-electron chi connectivity index (χ0n) is 14.3. The Morgan fingerprint density at radius 3 is 2.58 bits per heavy atom. The number of rotatable bonds is 9. The standard InChI is InChI=1S/C17H26N2O5/c1-3-22-16(23-4-2)12-19-17(20)13-5-6-15(18-11-13)24-14-7-9-21-10-8-14/h5-6,11,14,16H,3-4,7-10,12H2,1-2H3,(H,19,20). The molecule has 0 bridgehead atoms. The van der Waals surface area contributed by atoms with Gasteiger partial charge in [-0.25, -0.2) is 4.98 Å². The lowest BCUT2D eigenvalue weighted by molar-refractivity contribution is -0.131. The molecule has 0 unspecified atom stereocenters. The lowest BCUT2D eigenvalue weighted by Crippen LogP contribution is -2.35. The summed E-state index contributed by atoms with van der Waals surface area (Å²) in [5.41, 5.74) is 0.473. The molecule has 1 saturated heterocycles. The lowest BCUT2D eigenvalue weighted by Gasteiger charge is -2.22. The second-order valence-corrected chi connectivity index (χ2v) is 5.36. The second kappa shape index (κ2) is 10.2. The highest BCUT2D eigenvalue weighted by Gasteiger charge is 2.16. The quantitative estimate of drug-likeness (QED) is 0.691. The highest BCUT2D eigenvalue weighted by atomic mass is 16.7. The summed E-state index contributed by atoms with van der Waals surface area (Å²) in [6.45, 7) is 6.54. The van der Waals surface area contributed by atoms with E-state index in [0.717, 1.165) is 12.8 Å². The number of pyridine rings is 1. The largest absolute Gasteiger partial charge is 0.474 e. The van der Waals surface area contributed by atoms with Crippen LogP contribution in [0.2, 0.25) is 0 Å². The number of amides is 1. The maximum Gasteiger partial charge on any atom is 0.253 e. The summed E-state index contributed by atoms with van der Waals surface area (Å²) in [7, 11) is 0. The van der Waals surface area contributed by atoms with Crippen LogP contribution < -0.4 is 10.1 Å². The summed E-state index contributed by atoms with van der Waals surface area (Å²) in [4.78, 5) is 16.3. The first-order valence-electron chi connectivity index (χ1n) is 8.44. The molecule has 1 aromatic heterocycles. The monoisotopic (exact) mass is 338 g/mol. The highest BCUT2D eigenvalue weighted by molar-refractivity contribution is 5.93. The van der Waals surface area contributed by atoms with Gasteiger partial charge in [0, 0.05) is 38.3 Å². The topological polar surface area (TPSA) is 78.9 Å². The minimum Gasteiger partial charge on any atom is -0.474 e. The van der Waals surface area contributed by atoms with Gasteiger partial charge < -0.3 is 24.3 Å². The molecule has 0 aromatic carbocycles. The number of nitrogens with one attached hydrogen (secondary N) is 1. The summed E-state index contributed by atoms with van der Waals surface area (Å²) in [6, 6.07) is 3.42. The fourth-order valence-electron chi connectivity index (χ4n) is 2.36. The zero-order chi connectivity index (χ0) is 17.2. The number of aromatic nitrogens is 1. The van der Waals surface area contributed by atoms with Crippen molar-refractivity contribution in [3.05, 3.63) is 23.9 Å². The predicted octanol–water partition coefficient (Wildman–Crippen LogP) is 1.77. The van der Waals surface area contributed by atoms with Gasteiger partial charge >= 0.3 is 0 Å². The Morgan fingerprint density at radius 2 is 2.00 bits per heavy atom. The van der Waals surface area contributed by atoms with E-state index in [4.69, 9.17) is 18.9 Å². The molecule has 1 aromatic rings. The van der Waals surface area contributed by atoms with E-state index >= 15 is 0 Å². The molecule has 7 heteroatoms. The van der Waals surface area contributed by atoms with Gasteiger partial charge in [-0.1, -0.05) is 0 Å². The number of carbonyl (C=O) groups is 1. The number of carbonyl (C=O) groups excluding carboxylic acids is 1. The van der Waals surface area contributed by atoms with Crippen LogP contribution in [0, 0.1) is 0 Å². The maximum absolute atomic E-state index is 12.1. The maximum atomic E-state index is 12.1. The minimum atomic E-state index is -0.437. The molecular weight excluding hydrogens is 312 g/mol. The number of hydrogen-bond donors (Lipinski definition) is 1.